The number of sulfone groups is 1. The highest BCUT2D eigenvalue weighted by molar-refractivity contribution is 7.90. The van der Waals surface area contributed by atoms with Crippen molar-refractivity contribution in [3.05, 3.63) is 0 Å². The molecule has 5 heteroatoms. The van der Waals surface area contributed by atoms with Gasteiger partial charge < -0.3 is 10.1 Å². The van der Waals surface area contributed by atoms with Gasteiger partial charge in [-0.05, 0) is 12.5 Å². The largest absolute Gasteiger partial charge is 0.379 e. The molecule has 0 aliphatic rings. The van der Waals surface area contributed by atoms with Gasteiger partial charge in [0.05, 0.1) is 19.0 Å². The van der Waals surface area contributed by atoms with Gasteiger partial charge in [-0.3, -0.25) is 0 Å². The smallest absolute Gasteiger partial charge is 0.149 e. The molecule has 0 saturated heterocycles. The number of hydrogen-bond donors (Lipinski definition) is 1. The van der Waals surface area contributed by atoms with Crippen molar-refractivity contribution in [2.24, 2.45) is 5.92 Å². The van der Waals surface area contributed by atoms with Crippen LogP contribution in [0.5, 0.6) is 0 Å². The molecule has 0 bridgehead atoms. The molecule has 0 heterocycles. The van der Waals surface area contributed by atoms with Gasteiger partial charge >= 0.3 is 0 Å². The molecular formula is C11H25NO3S. The molecule has 0 aromatic heterocycles. The second kappa shape index (κ2) is 8.96. The van der Waals surface area contributed by atoms with Gasteiger partial charge in [0.15, 0.2) is 0 Å². The van der Waals surface area contributed by atoms with E-state index in [-0.39, 0.29) is 5.75 Å². The number of nitrogens with one attached hydrogen (secondary N) is 1. The van der Waals surface area contributed by atoms with E-state index in [1.54, 1.807) is 0 Å². The van der Waals surface area contributed by atoms with E-state index in [9.17, 15) is 8.42 Å². The fraction of sp³-hybridized carbons (Fsp3) is 1.00. The van der Waals surface area contributed by atoms with E-state index in [1.807, 2.05) is 0 Å². The van der Waals surface area contributed by atoms with Crippen LogP contribution in [-0.2, 0) is 14.6 Å². The molecule has 0 spiro atoms. The summed E-state index contributed by atoms with van der Waals surface area (Å²) >= 11 is 0. The van der Waals surface area contributed by atoms with Crippen molar-refractivity contribution in [3.63, 3.8) is 0 Å². The molecule has 4 nitrogen and oxygen atoms in total. The van der Waals surface area contributed by atoms with Crippen molar-refractivity contribution in [1.82, 2.24) is 5.32 Å². The Morgan fingerprint density at radius 2 is 1.81 bits per heavy atom. The number of ether oxygens (including phenoxy) is 1. The predicted molar refractivity (Wildman–Crippen MR) is 67.5 cm³/mol. The molecule has 0 rings (SSSR count). The highest BCUT2D eigenvalue weighted by Gasteiger charge is 2.02. The lowest BCUT2D eigenvalue weighted by Crippen LogP contribution is -2.26. The Balaban J connectivity index is 3.28. The van der Waals surface area contributed by atoms with Gasteiger partial charge in [0.25, 0.3) is 0 Å². The highest BCUT2D eigenvalue weighted by atomic mass is 32.2. The lowest BCUT2D eigenvalue weighted by molar-refractivity contribution is 0.149. The zero-order valence-electron chi connectivity index (χ0n) is 10.7. The van der Waals surface area contributed by atoms with Crippen LogP contribution in [0.25, 0.3) is 0 Å². The van der Waals surface area contributed by atoms with Crippen molar-refractivity contribution in [2.75, 3.05) is 38.3 Å². The van der Waals surface area contributed by atoms with Crippen molar-refractivity contribution in [2.45, 2.75) is 26.7 Å². The van der Waals surface area contributed by atoms with E-state index in [0.29, 0.717) is 13.2 Å². The average molecular weight is 251 g/mol. The third-order valence-corrected chi connectivity index (χ3v) is 3.52. The molecule has 0 amide bonds. The van der Waals surface area contributed by atoms with E-state index in [1.165, 1.54) is 19.1 Å². The zero-order valence-corrected chi connectivity index (χ0v) is 11.5. The fourth-order valence-electron chi connectivity index (χ4n) is 1.34. The molecule has 0 fully saturated rings. The summed E-state index contributed by atoms with van der Waals surface area (Å²) in [6.45, 7) is 7.07. The lowest BCUT2D eigenvalue weighted by atomic mass is 10.0. The van der Waals surface area contributed by atoms with Gasteiger partial charge in [-0.1, -0.05) is 26.7 Å². The molecule has 1 N–H and O–H groups in total. The van der Waals surface area contributed by atoms with Crippen LogP contribution in [0.2, 0.25) is 0 Å². The maximum absolute atomic E-state index is 10.8. The molecule has 0 aliphatic carbocycles. The maximum Gasteiger partial charge on any atom is 0.149 e. The molecule has 0 atom stereocenters. The van der Waals surface area contributed by atoms with Gasteiger partial charge in [-0.15, -0.1) is 0 Å². The first-order valence-corrected chi connectivity index (χ1v) is 8.01. The van der Waals surface area contributed by atoms with Crippen LogP contribution in [0.3, 0.4) is 0 Å². The molecular weight excluding hydrogens is 226 g/mol. The van der Waals surface area contributed by atoms with Gasteiger partial charge in [0.1, 0.15) is 9.84 Å². The number of hydrogen-bond acceptors (Lipinski definition) is 4. The Morgan fingerprint density at radius 1 is 1.19 bits per heavy atom. The summed E-state index contributed by atoms with van der Waals surface area (Å²) in [4.78, 5) is 0. The Labute approximate surface area is 99.7 Å². The zero-order chi connectivity index (χ0) is 12.4. The molecule has 0 aliphatic heterocycles. The van der Waals surface area contributed by atoms with Crippen molar-refractivity contribution < 1.29 is 13.2 Å². The summed E-state index contributed by atoms with van der Waals surface area (Å²) in [5.41, 5.74) is 0. The Kier molecular flexibility index (Phi) is 8.89. The second-order valence-electron chi connectivity index (χ2n) is 4.13. The summed E-state index contributed by atoms with van der Waals surface area (Å²) in [6, 6.07) is 0. The van der Waals surface area contributed by atoms with Crippen LogP contribution in [0.4, 0.5) is 0 Å². The molecule has 0 aromatic carbocycles. The van der Waals surface area contributed by atoms with E-state index in [2.05, 4.69) is 19.2 Å². The molecule has 0 saturated carbocycles. The monoisotopic (exact) mass is 251 g/mol. The lowest BCUT2D eigenvalue weighted by Gasteiger charge is -2.13. The van der Waals surface area contributed by atoms with Crippen LogP contribution >= 0.6 is 0 Å². The molecule has 98 valence electrons. The maximum atomic E-state index is 10.8. The SMILES string of the molecule is CCC(CC)CNCCOCCS(C)(=O)=O. The Morgan fingerprint density at radius 3 is 2.31 bits per heavy atom. The van der Waals surface area contributed by atoms with Crippen LogP contribution in [0, 0.1) is 5.92 Å². The summed E-state index contributed by atoms with van der Waals surface area (Å²) in [5, 5.41) is 3.31. The van der Waals surface area contributed by atoms with E-state index in [0.717, 1.165) is 19.0 Å². The van der Waals surface area contributed by atoms with Crippen LogP contribution in [-0.4, -0.2) is 46.7 Å². The summed E-state index contributed by atoms with van der Waals surface area (Å²) in [6.07, 6.45) is 3.61. The first-order valence-electron chi connectivity index (χ1n) is 5.95. The number of rotatable bonds is 10. The minimum Gasteiger partial charge on any atom is -0.379 e. The fourth-order valence-corrected chi connectivity index (χ4v) is 1.76. The summed E-state index contributed by atoms with van der Waals surface area (Å²) in [7, 11) is -2.88. The molecule has 16 heavy (non-hydrogen) atoms. The van der Waals surface area contributed by atoms with Crippen LogP contribution in [0.1, 0.15) is 26.7 Å². The highest BCUT2D eigenvalue weighted by Crippen LogP contribution is 2.04. The Bertz CT molecular complexity index is 248. The standard InChI is InChI=1S/C11H25NO3S/c1-4-11(5-2)10-12-6-7-15-8-9-16(3,13)14/h11-12H,4-10H2,1-3H3. The summed E-state index contributed by atoms with van der Waals surface area (Å²) in [5.74, 6) is 0.843. The van der Waals surface area contributed by atoms with E-state index < -0.39 is 9.84 Å². The second-order valence-corrected chi connectivity index (χ2v) is 6.39. The van der Waals surface area contributed by atoms with Crippen molar-refractivity contribution >= 4 is 9.84 Å². The third kappa shape index (κ3) is 10.4. The van der Waals surface area contributed by atoms with Gasteiger partial charge in [0.2, 0.25) is 0 Å². The quantitative estimate of drug-likeness (QED) is 0.590. The van der Waals surface area contributed by atoms with Crippen LogP contribution in [0.15, 0.2) is 0 Å². The minimum absolute atomic E-state index is 0.111. The minimum atomic E-state index is -2.88. The topological polar surface area (TPSA) is 55.4 Å². The Hall–Kier alpha value is -0.130. The average Bonchev–Trinajstić information content (AvgIpc) is 2.21. The first kappa shape index (κ1) is 15.9. The predicted octanol–water partition coefficient (Wildman–Crippen LogP) is 1.07. The van der Waals surface area contributed by atoms with Gasteiger partial charge in [-0.2, -0.15) is 0 Å². The first-order chi connectivity index (χ1) is 7.49. The van der Waals surface area contributed by atoms with Gasteiger partial charge in [0, 0.05) is 12.8 Å². The van der Waals surface area contributed by atoms with Gasteiger partial charge in [-0.25, -0.2) is 8.42 Å². The molecule has 0 radical (unpaired) electrons. The van der Waals surface area contributed by atoms with Crippen molar-refractivity contribution in [1.29, 1.82) is 0 Å². The summed E-state index contributed by atoms with van der Waals surface area (Å²) < 4.78 is 26.8. The molecule has 0 unspecified atom stereocenters. The molecule has 0 aromatic rings. The van der Waals surface area contributed by atoms with E-state index >= 15 is 0 Å². The van der Waals surface area contributed by atoms with E-state index in [4.69, 9.17) is 4.74 Å². The normalized spacial score (nSPS) is 12.2. The van der Waals surface area contributed by atoms with Crippen molar-refractivity contribution in [3.8, 4) is 0 Å². The van der Waals surface area contributed by atoms with Crippen LogP contribution < -0.4 is 5.32 Å². The third-order valence-electron chi connectivity index (χ3n) is 2.61.